The van der Waals surface area contributed by atoms with Gasteiger partial charge in [0, 0.05) is 30.4 Å². The molecule has 2 aromatic rings. The van der Waals surface area contributed by atoms with Crippen LogP contribution >= 0.6 is 11.8 Å². The first-order chi connectivity index (χ1) is 12.5. The average molecular weight is 377 g/mol. The number of aryl methyl sites for hydroxylation is 1. The van der Waals surface area contributed by atoms with Crippen LogP contribution in [0.5, 0.6) is 5.75 Å². The van der Waals surface area contributed by atoms with Crippen molar-refractivity contribution in [2.45, 2.75) is 32.7 Å². The number of hydrogen-bond donors (Lipinski definition) is 2. The van der Waals surface area contributed by atoms with E-state index in [1.807, 2.05) is 18.7 Å². The van der Waals surface area contributed by atoms with Crippen LogP contribution in [0.1, 0.15) is 41.0 Å². The summed E-state index contributed by atoms with van der Waals surface area (Å²) in [5.41, 5.74) is 1.55. The highest BCUT2D eigenvalue weighted by Gasteiger charge is 2.22. The number of benzene rings is 1. The molecule has 0 spiro atoms. The summed E-state index contributed by atoms with van der Waals surface area (Å²) in [6, 6.07) is 5.75. The number of phenolic OH excluding ortho intramolecular Hbond substituents is 1. The van der Waals surface area contributed by atoms with Crippen molar-refractivity contribution in [2.24, 2.45) is 5.92 Å². The number of halogens is 1. The van der Waals surface area contributed by atoms with Crippen LogP contribution in [-0.4, -0.2) is 44.2 Å². The van der Waals surface area contributed by atoms with Crippen LogP contribution in [0.15, 0.2) is 24.3 Å². The number of aromatic hydroxyl groups is 1. The Morgan fingerprint density at radius 3 is 2.81 bits per heavy atom. The van der Waals surface area contributed by atoms with E-state index >= 15 is 0 Å². The van der Waals surface area contributed by atoms with Gasteiger partial charge in [-0.05, 0) is 55.7 Å². The molecule has 0 bridgehead atoms. The van der Waals surface area contributed by atoms with Gasteiger partial charge in [-0.3, -0.25) is 9.89 Å². The molecule has 1 fully saturated rings. The molecule has 2 N–H and O–H groups in total. The Labute approximate surface area is 157 Å². The van der Waals surface area contributed by atoms with Crippen LogP contribution in [0.4, 0.5) is 4.39 Å². The number of amides is 1. The SMILES string of the molecule is Cc1cc(C(=O)N(CCC2CCSCC2)Cc2ccc(O)cc2F)n[nH]1. The predicted molar refractivity (Wildman–Crippen MR) is 101 cm³/mol. The summed E-state index contributed by atoms with van der Waals surface area (Å²) in [6.07, 6.45) is 3.25. The summed E-state index contributed by atoms with van der Waals surface area (Å²) in [5.74, 6) is 2.12. The van der Waals surface area contributed by atoms with Gasteiger partial charge >= 0.3 is 0 Å². The molecule has 140 valence electrons. The van der Waals surface area contributed by atoms with Crippen molar-refractivity contribution in [2.75, 3.05) is 18.1 Å². The first-order valence-corrected chi connectivity index (χ1v) is 10.0. The number of aromatic nitrogens is 2. The fraction of sp³-hybridized carbons (Fsp3) is 0.474. The molecular weight excluding hydrogens is 353 g/mol. The van der Waals surface area contributed by atoms with E-state index in [0.717, 1.165) is 18.2 Å². The van der Waals surface area contributed by atoms with Gasteiger partial charge in [0.05, 0.1) is 0 Å². The standard InChI is InChI=1S/C19H24FN3O2S/c1-13-10-18(22-21-13)19(25)23(7-4-14-5-8-26-9-6-14)12-15-2-3-16(24)11-17(15)20/h2-3,10-11,14,24H,4-9,12H2,1H3,(H,21,22). The van der Waals surface area contributed by atoms with Gasteiger partial charge in [0.15, 0.2) is 0 Å². The topological polar surface area (TPSA) is 69.2 Å². The lowest BCUT2D eigenvalue weighted by atomic mass is 9.98. The predicted octanol–water partition coefficient (Wildman–Crippen LogP) is 3.74. The Bertz CT molecular complexity index is 759. The zero-order valence-corrected chi connectivity index (χ0v) is 15.7. The number of rotatable bonds is 6. The van der Waals surface area contributed by atoms with Crippen molar-refractivity contribution >= 4 is 17.7 Å². The highest BCUT2D eigenvalue weighted by molar-refractivity contribution is 7.99. The maximum absolute atomic E-state index is 14.2. The molecule has 0 atom stereocenters. The Balaban J connectivity index is 1.74. The summed E-state index contributed by atoms with van der Waals surface area (Å²) >= 11 is 1.98. The van der Waals surface area contributed by atoms with Gasteiger partial charge in [0.2, 0.25) is 0 Å². The van der Waals surface area contributed by atoms with Gasteiger partial charge in [-0.2, -0.15) is 16.9 Å². The van der Waals surface area contributed by atoms with Crippen LogP contribution in [0.25, 0.3) is 0 Å². The summed E-state index contributed by atoms with van der Waals surface area (Å²) in [6.45, 7) is 2.58. The minimum atomic E-state index is -0.505. The van der Waals surface area contributed by atoms with Gasteiger partial charge in [-0.25, -0.2) is 4.39 Å². The number of nitrogens with zero attached hydrogens (tertiary/aromatic N) is 2. The van der Waals surface area contributed by atoms with E-state index in [4.69, 9.17) is 0 Å². The number of H-pyrrole nitrogens is 1. The van der Waals surface area contributed by atoms with Crippen LogP contribution in [0.2, 0.25) is 0 Å². The number of aromatic amines is 1. The largest absolute Gasteiger partial charge is 0.508 e. The number of thioether (sulfide) groups is 1. The van der Waals surface area contributed by atoms with E-state index in [9.17, 15) is 14.3 Å². The van der Waals surface area contributed by atoms with Crippen molar-refractivity contribution in [3.63, 3.8) is 0 Å². The third kappa shape index (κ3) is 4.78. The fourth-order valence-electron chi connectivity index (χ4n) is 3.19. The second kappa shape index (κ2) is 8.58. The van der Waals surface area contributed by atoms with Crippen molar-refractivity contribution < 1.29 is 14.3 Å². The molecule has 2 heterocycles. The molecule has 0 unspecified atom stereocenters. The van der Waals surface area contributed by atoms with Crippen molar-refractivity contribution in [1.82, 2.24) is 15.1 Å². The number of phenols is 1. The molecule has 1 aromatic heterocycles. The van der Waals surface area contributed by atoms with E-state index in [2.05, 4.69) is 10.2 Å². The monoisotopic (exact) mass is 377 g/mol. The second-order valence-electron chi connectivity index (χ2n) is 6.78. The van der Waals surface area contributed by atoms with E-state index in [1.54, 1.807) is 11.0 Å². The quantitative estimate of drug-likeness (QED) is 0.805. The van der Waals surface area contributed by atoms with Crippen molar-refractivity contribution in [3.8, 4) is 5.75 Å². The maximum Gasteiger partial charge on any atom is 0.274 e. The first-order valence-electron chi connectivity index (χ1n) is 8.89. The molecule has 5 nitrogen and oxygen atoms in total. The van der Waals surface area contributed by atoms with Crippen molar-refractivity contribution in [3.05, 3.63) is 47.0 Å². The molecule has 0 aliphatic carbocycles. The lowest BCUT2D eigenvalue weighted by molar-refractivity contribution is 0.0724. The highest BCUT2D eigenvalue weighted by atomic mass is 32.2. The normalized spacial score (nSPS) is 15.2. The average Bonchev–Trinajstić information content (AvgIpc) is 3.07. The Morgan fingerprint density at radius 2 is 2.15 bits per heavy atom. The zero-order chi connectivity index (χ0) is 18.5. The van der Waals surface area contributed by atoms with E-state index in [1.165, 1.54) is 36.5 Å². The lowest BCUT2D eigenvalue weighted by Crippen LogP contribution is -2.33. The molecule has 3 rings (SSSR count). The number of nitrogens with one attached hydrogen (secondary N) is 1. The molecular formula is C19H24FN3O2S. The van der Waals surface area contributed by atoms with E-state index < -0.39 is 5.82 Å². The Hall–Kier alpha value is -2.02. The summed E-state index contributed by atoms with van der Waals surface area (Å²) in [7, 11) is 0. The zero-order valence-electron chi connectivity index (χ0n) is 14.9. The van der Waals surface area contributed by atoms with Gasteiger partial charge in [-0.1, -0.05) is 6.07 Å². The van der Waals surface area contributed by atoms with Gasteiger partial charge < -0.3 is 10.0 Å². The minimum absolute atomic E-state index is 0.119. The Morgan fingerprint density at radius 1 is 1.38 bits per heavy atom. The third-order valence-electron chi connectivity index (χ3n) is 4.76. The van der Waals surface area contributed by atoms with Crippen LogP contribution in [0, 0.1) is 18.7 Å². The summed E-state index contributed by atoms with van der Waals surface area (Å²) in [5, 5.41) is 16.2. The van der Waals surface area contributed by atoms with Gasteiger partial charge in [-0.15, -0.1) is 0 Å². The smallest absolute Gasteiger partial charge is 0.274 e. The second-order valence-corrected chi connectivity index (χ2v) is 8.01. The molecule has 1 aliphatic rings. The van der Waals surface area contributed by atoms with Crippen LogP contribution < -0.4 is 0 Å². The summed E-state index contributed by atoms with van der Waals surface area (Å²) < 4.78 is 14.2. The van der Waals surface area contributed by atoms with Crippen LogP contribution in [-0.2, 0) is 6.54 Å². The number of hydrogen-bond acceptors (Lipinski definition) is 4. The minimum Gasteiger partial charge on any atom is -0.508 e. The molecule has 1 saturated heterocycles. The van der Waals surface area contributed by atoms with E-state index in [0.29, 0.717) is 23.7 Å². The van der Waals surface area contributed by atoms with E-state index in [-0.39, 0.29) is 18.2 Å². The molecule has 1 aliphatic heterocycles. The third-order valence-corrected chi connectivity index (χ3v) is 5.81. The molecule has 1 aromatic carbocycles. The summed E-state index contributed by atoms with van der Waals surface area (Å²) in [4.78, 5) is 14.5. The maximum atomic E-state index is 14.2. The van der Waals surface area contributed by atoms with Crippen molar-refractivity contribution in [1.29, 1.82) is 0 Å². The lowest BCUT2D eigenvalue weighted by Gasteiger charge is -2.27. The number of carbonyl (C=O) groups is 1. The number of carbonyl (C=O) groups excluding carboxylic acids is 1. The molecule has 26 heavy (non-hydrogen) atoms. The first kappa shape index (κ1) is 18.8. The molecule has 7 heteroatoms. The molecule has 0 radical (unpaired) electrons. The van der Waals surface area contributed by atoms with Gasteiger partial charge in [0.1, 0.15) is 17.3 Å². The van der Waals surface area contributed by atoms with Gasteiger partial charge in [0.25, 0.3) is 5.91 Å². The highest BCUT2D eigenvalue weighted by Crippen LogP contribution is 2.26. The Kier molecular flexibility index (Phi) is 6.19. The molecule has 0 saturated carbocycles. The van der Waals surface area contributed by atoms with Crippen LogP contribution in [0.3, 0.4) is 0 Å². The fourth-order valence-corrected chi connectivity index (χ4v) is 4.39. The molecule has 1 amide bonds.